The van der Waals surface area contributed by atoms with Crippen molar-refractivity contribution in [3.63, 3.8) is 0 Å². The predicted molar refractivity (Wildman–Crippen MR) is 203 cm³/mol. The maximum atomic E-state index is 14.1. The van der Waals surface area contributed by atoms with Gasteiger partial charge in [-0.1, -0.05) is 78.9 Å². The number of ketones is 1. The van der Waals surface area contributed by atoms with E-state index in [4.69, 9.17) is 9.47 Å². The molecule has 0 saturated carbocycles. The van der Waals surface area contributed by atoms with Crippen LogP contribution in [0.2, 0.25) is 0 Å². The molecule has 0 aliphatic heterocycles. The lowest BCUT2D eigenvalue weighted by Gasteiger charge is -2.26. The van der Waals surface area contributed by atoms with Crippen LogP contribution in [0.5, 0.6) is 11.5 Å². The Morgan fingerprint density at radius 2 is 1.00 bits per heavy atom. The molecule has 0 aliphatic rings. The van der Waals surface area contributed by atoms with Crippen LogP contribution in [-0.2, 0) is 22.4 Å². The predicted octanol–water partition coefficient (Wildman–Crippen LogP) is 6.80. The summed E-state index contributed by atoms with van der Waals surface area (Å²) in [5.74, 6) is -0.896. The maximum absolute atomic E-state index is 14.1. The van der Waals surface area contributed by atoms with Crippen molar-refractivity contribution in [3.8, 4) is 11.5 Å². The summed E-state index contributed by atoms with van der Waals surface area (Å²) in [6.45, 7) is 0. The molecule has 5 aromatic rings. The number of anilines is 2. The van der Waals surface area contributed by atoms with E-state index in [2.05, 4.69) is 5.32 Å². The average molecular weight is 698 g/mol. The van der Waals surface area contributed by atoms with E-state index in [1.54, 1.807) is 101 Å². The molecule has 266 valence electrons. The van der Waals surface area contributed by atoms with Crippen molar-refractivity contribution in [1.29, 1.82) is 0 Å². The number of likely N-dealkylation sites (N-methyl/N-ethyl adjacent to an activating group) is 1. The van der Waals surface area contributed by atoms with Crippen molar-refractivity contribution in [2.45, 2.75) is 25.3 Å². The lowest BCUT2D eigenvalue weighted by atomic mass is 9.89. The molecule has 0 aromatic heterocycles. The Balaban J connectivity index is 1.40. The third-order valence-electron chi connectivity index (χ3n) is 9.04. The van der Waals surface area contributed by atoms with Gasteiger partial charge >= 0.3 is 0 Å². The summed E-state index contributed by atoms with van der Waals surface area (Å²) in [5, 5.41) is 2.92. The largest absolute Gasteiger partial charge is 0.497 e. The first-order valence-corrected chi connectivity index (χ1v) is 17.0. The number of carbonyl (C=O) groups excluding carboxylic acids is 4. The van der Waals surface area contributed by atoms with Crippen LogP contribution in [0.3, 0.4) is 0 Å². The molecule has 2 atom stereocenters. The van der Waals surface area contributed by atoms with Crippen molar-refractivity contribution in [3.05, 3.63) is 156 Å². The lowest BCUT2D eigenvalue weighted by Crippen LogP contribution is -2.49. The topological polar surface area (TPSA) is 105 Å². The second-order valence-corrected chi connectivity index (χ2v) is 12.5. The van der Waals surface area contributed by atoms with Crippen LogP contribution in [0.1, 0.15) is 38.3 Å². The Bertz CT molecular complexity index is 1820. The number of Topliss-reactive ketones (excluding diaryl/α,β-unsaturated/α-hetero) is 1. The third kappa shape index (κ3) is 9.31. The van der Waals surface area contributed by atoms with E-state index >= 15 is 0 Å². The summed E-state index contributed by atoms with van der Waals surface area (Å²) in [4.78, 5) is 59.2. The number of ether oxygens (including phenoxy) is 2. The highest BCUT2D eigenvalue weighted by Gasteiger charge is 2.30. The highest BCUT2D eigenvalue weighted by atomic mass is 16.5. The molecule has 5 rings (SSSR count). The van der Waals surface area contributed by atoms with Crippen LogP contribution in [0.15, 0.2) is 133 Å². The number of hydrogen-bond acceptors (Lipinski definition) is 6. The molecule has 0 saturated heterocycles. The monoisotopic (exact) mass is 697 g/mol. The number of hydrogen-bond donors (Lipinski definition) is 1. The molecule has 0 bridgehead atoms. The Labute approximate surface area is 304 Å². The summed E-state index contributed by atoms with van der Waals surface area (Å²) in [6, 6.07) is 38.7. The van der Waals surface area contributed by atoms with E-state index in [0.29, 0.717) is 29.3 Å². The number of amides is 3. The minimum atomic E-state index is -0.948. The highest BCUT2D eigenvalue weighted by Crippen LogP contribution is 2.25. The van der Waals surface area contributed by atoms with E-state index in [-0.39, 0.29) is 41.6 Å². The highest BCUT2D eigenvalue weighted by molar-refractivity contribution is 6.11. The zero-order valence-corrected chi connectivity index (χ0v) is 29.8. The van der Waals surface area contributed by atoms with E-state index in [0.717, 1.165) is 11.1 Å². The van der Waals surface area contributed by atoms with Crippen LogP contribution in [0, 0.1) is 5.92 Å². The quantitative estimate of drug-likeness (QED) is 0.121. The molecular formula is C43H43N3O6. The molecule has 0 fully saturated rings. The van der Waals surface area contributed by atoms with Gasteiger partial charge in [0, 0.05) is 49.8 Å². The SMILES string of the molecule is COc1ccc(N(C)C(=O)C(Cc2ccccc2)NC(=O)c2ccccc2C(=O)C[C@@H](Cc2ccccc2)C(=O)N(C)c2ccc(OC)cc2)cc1. The first kappa shape index (κ1) is 37.0. The summed E-state index contributed by atoms with van der Waals surface area (Å²) >= 11 is 0. The Kier molecular flexibility index (Phi) is 12.6. The zero-order chi connectivity index (χ0) is 37.0. The van der Waals surface area contributed by atoms with Crippen molar-refractivity contribution >= 4 is 34.9 Å². The third-order valence-corrected chi connectivity index (χ3v) is 9.04. The fourth-order valence-corrected chi connectivity index (χ4v) is 6.06. The van der Waals surface area contributed by atoms with Gasteiger partial charge in [-0.05, 0) is 72.1 Å². The smallest absolute Gasteiger partial charge is 0.252 e. The van der Waals surface area contributed by atoms with Crippen LogP contribution in [0.25, 0.3) is 0 Å². The number of methoxy groups -OCH3 is 2. The summed E-state index contributed by atoms with van der Waals surface area (Å²) < 4.78 is 10.5. The van der Waals surface area contributed by atoms with Crippen LogP contribution >= 0.6 is 0 Å². The molecule has 0 spiro atoms. The average Bonchev–Trinajstić information content (AvgIpc) is 3.20. The van der Waals surface area contributed by atoms with Gasteiger partial charge in [0.25, 0.3) is 5.91 Å². The molecule has 5 aromatic carbocycles. The van der Waals surface area contributed by atoms with Crippen molar-refractivity contribution in [2.75, 3.05) is 38.1 Å². The Morgan fingerprint density at radius 3 is 1.50 bits per heavy atom. The molecular weight excluding hydrogens is 654 g/mol. The van der Waals surface area contributed by atoms with Gasteiger partial charge in [0.2, 0.25) is 11.8 Å². The standard InChI is InChI=1S/C43H43N3O6/c1-45(33-19-23-35(51-3)24-20-33)42(49)32(27-30-13-7-5-8-14-30)29-40(47)37-17-11-12-18-38(37)41(48)44-39(28-31-15-9-6-10-16-31)43(50)46(2)34-21-25-36(52-4)26-22-34/h5-26,32,39H,27-29H2,1-4H3,(H,44,48)/t32-,39?/m1/s1. The second-order valence-electron chi connectivity index (χ2n) is 12.5. The van der Waals surface area contributed by atoms with Gasteiger partial charge in [-0.15, -0.1) is 0 Å². The first-order valence-electron chi connectivity index (χ1n) is 17.0. The van der Waals surface area contributed by atoms with E-state index in [1.807, 2.05) is 60.7 Å². The van der Waals surface area contributed by atoms with Gasteiger partial charge in [-0.2, -0.15) is 0 Å². The zero-order valence-electron chi connectivity index (χ0n) is 29.8. The van der Waals surface area contributed by atoms with Gasteiger partial charge in [0.1, 0.15) is 17.5 Å². The van der Waals surface area contributed by atoms with Gasteiger partial charge in [-0.25, -0.2) is 0 Å². The molecule has 9 heteroatoms. The molecule has 52 heavy (non-hydrogen) atoms. The minimum Gasteiger partial charge on any atom is -0.497 e. The molecule has 9 nitrogen and oxygen atoms in total. The Hall–Kier alpha value is -6.22. The number of rotatable bonds is 15. The lowest BCUT2D eigenvalue weighted by molar-refractivity contribution is -0.122. The van der Waals surface area contributed by atoms with Gasteiger partial charge < -0.3 is 24.6 Å². The summed E-state index contributed by atoms with van der Waals surface area (Å²) in [7, 11) is 6.48. The summed E-state index contributed by atoms with van der Waals surface area (Å²) in [5.41, 5.74) is 3.35. The van der Waals surface area contributed by atoms with Crippen LogP contribution < -0.4 is 24.6 Å². The number of carbonyl (C=O) groups is 4. The van der Waals surface area contributed by atoms with E-state index < -0.39 is 17.9 Å². The molecule has 1 unspecified atom stereocenters. The van der Waals surface area contributed by atoms with Gasteiger partial charge in [0.05, 0.1) is 19.8 Å². The number of benzene rings is 5. The van der Waals surface area contributed by atoms with Crippen LogP contribution in [-0.4, -0.2) is 57.9 Å². The maximum Gasteiger partial charge on any atom is 0.252 e. The van der Waals surface area contributed by atoms with Gasteiger partial charge in [0.15, 0.2) is 5.78 Å². The number of nitrogens with zero attached hydrogens (tertiary/aromatic N) is 2. The number of nitrogens with one attached hydrogen (secondary N) is 1. The van der Waals surface area contributed by atoms with Crippen LogP contribution in [0.4, 0.5) is 11.4 Å². The van der Waals surface area contributed by atoms with E-state index in [1.165, 1.54) is 9.80 Å². The summed E-state index contributed by atoms with van der Waals surface area (Å²) in [6.07, 6.45) is 0.421. The second kappa shape index (κ2) is 17.6. The van der Waals surface area contributed by atoms with Crippen molar-refractivity contribution in [1.82, 2.24) is 5.32 Å². The molecule has 0 heterocycles. The fourth-order valence-electron chi connectivity index (χ4n) is 6.06. The molecule has 0 radical (unpaired) electrons. The van der Waals surface area contributed by atoms with Crippen molar-refractivity contribution < 1.29 is 28.7 Å². The minimum absolute atomic E-state index is 0.125. The van der Waals surface area contributed by atoms with Crippen molar-refractivity contribution in [2.24, 2.45) is 5.92 Å². The molecule has 0 aliphatic carbocycles. The van der Waals surface area contributed by atoms with Gasteiger partial charge in [-0.3, -0.25) is 19.2 Å². The first-order chi connectivity index (χ1) is 25.2. The molecule has 1 N–H and O–H groups in total. The normalized spacial score (nSPS) is 11.8. The fraction of sp³-hybridized carbons (Fsp3) is 0.209. The molecule has 3 amide bonds. The Morgan fingerprint density at radius 1 is 0.558 bits per heavy atom. The van der Waals surface area contributed by atoms with E-state index in [9.17, 15) is 19.2 Å².